The van der Waals surface area contributed by atoms with Gasteiger partial charge in [-0.15, -0.1) is 0 Å². The van der Waals surface area contributed by atoms with Crippen molar-refractivity contribution in [3.05, 3.63) is 29.8 Å². The fourth-order valence-electron chi connectivity index (χ4n) is 1.04. The van der Waals surface area contributed by atoms with E-state index in [4.69, 9.17) is 4.74 Å². The SMILES string of the molecule is CCOc1ccc(CC(=O)[O-])cc1.[Na+]. The van der Waals surface area contributed by atoms with Crippen LogP contribution in [-0.4, -0.2) is 12.6 Å². The number of carbonyl (C=O) groups excluding carboxylic acids is 1. The zero-order chi connectivity index (χ0) is 9.68. The Bertz CT molecular complexity index is 282. The minimum Gasteiger partial charge on any atom is -0.550 e. The van der Waals surface area contributed by atoms with E-state index in [0.717, 1.165) is 11.3 Å². The normalized spacial score (nSPS) is 8.93. The maximum absolute atomic E-state index is 10.2. The molecule has 1 rings (SSSR count). The van der Waals surface area contributed by atoms with Gasteiger partial charge in [-0.3, -0.25) is 0 Å². The van der Waals surface area contributed by atoms with Crippen molar-refractivity contribution < 1.29 is 44.2 Å². The minimum atomic E-state index is -1.07. The summed E-state index contributed by atoms with van der Waals surface area (Å²) in [6, 6.07) is 6.95. The Hall–Kier alpha value is -0.510. The molecule has 0 heterocycles. The summed E-state index contributed by atoms with van der Waals surface area (Å²) in [5.41, 5.74) is 0.725. The number of carbonyl (C=O) groups is 1. The van der Waals surface area contributed by atoms with E-state index in [9.17, 15) is 9.90 Å². The van der Waals surface area contributed by atoms with Gasteiger partial charge >= 0.3 is 29.6 Å². The number of ether oxygens (including phenoxy) is 1. The summed E-state index contributed by atoms with van der Waals surface area (Å²) in [5.74, 6) is -0.311. The van der Waals surface area contributed by atoms with Gasteiger partial charge in [0.2, 0.25) is 0 Å². The van der Waals surface area contributed by atoms with Crippen molar-refractivity contribution in [2.45, 2.75) is 13.3 Å². The zero-order valence-electron chi connectivity index (χ0n) is 8.45. The third kappa shape index (κ3) is 4.65. The largest absolute Gasteiger partial charge is 1.00 e. The molecule has 0 saturated heterocycles. The van der Waals surface area contributed by atoms with Crippen LogP contribution in [0.25, 0.3) is 0 Å². The first kappa shape index (κ1) is 13.5. The van der Waals surface area contributed by atoms with Crippen LogP contribution >= 0.6 is 0 Å². The molecule has 0 aromatic heterocycles. The maximum atomic E-state index is 10.2. The molecule has 0 fully saturated rings. The molecular formula is C10H11NaO3. The molecular weight excluding hydrogens is 191 g/mol. The topological polar surface area (TPSA) is 49.4 Å². The molecule has 14 heavy (non-hydrogen) atoms. The first-order valence-corrected chi connectivity index (χ1v) is 4.14. The number of carboxylic acid groups (broad SMARTS) is 1. The van der Waals surface area contributed by atoms with E-state index in [-0.39, 0.29) is 36.0 Å². The van der Waals surface area contributed by atoms with Crippen molar-refractivity contribution in [1.29, 1.82) is 0 Å². The predicted octanol–water partition coefficient (Wildman–Crippen LogP) is -2.62. The third-order valence-electron chi connectivity index (χ3n) is 1.58. The average molecular weight is 202 g/mol. The van der Waals surface area contributed by atoms with Crippen LogP contribution in [0.1, 0.15) is 12.5 Å². The van der Waals surface area contributed by atoms with Gasteiger partial charge in [-0.05, 0) is 24.6 Å². The average Bonchev–Trinajstić information content (AvgIpc) is 2.08. The van der Waals surface area contributed by atoms with Gasteiger partial charge in [0, 0.05) is 12.4 Å². The summed E-state index contributed by atoms with van der Waals surface area (Å²) in [7, 11) is 0. The van der Waals surface area contributed by atoms with E-state index in [2.05, 4.69) is 0 Å². The smallest absolute Gasteiger partial charge is 0.550 e. The number of aliphatic carboxylic acids is 1. The molecule has 3 nitrogen and oxygen atoms in total. The predicted molar refractivity (Wildman–Crippen MR) is 46.3 cm³/mol. The van der Waals surface area contributed by atoms with Crippen LogP contribution in [0.3, 0.4) is 0 Å². The second-order valence-electron chi connectivity index (χ2n) is 2.63. The van der Waals surface area contributed by atoms with E-state index in [1.807, 2.05) is 6.92 Å². The van der Waals surface area contributed by atoms with Crippen LogP contribution in [0, 0.1) is 0 Å². The number of hydrogen-bond donors (Lipinski definition) is 0. The van der Waals surface area contributed by atoms with Gasteiger partial charge in [0.1, 0.15) is 5.75 Å². The molecule has 0 aliphatic carbocycles. The second-order valence-corrected chi connectivity index (χ2v) is 2.63. The summed E-state index contributed by atoms with van der Waals surface area (Å²) >= 11 is 0. The Balaban J connectivity index is 0.00000169. The van der Waals surface area contributed by atoms with Crippen LogP contribution in [0.4, 0.5) is 0 Å². The molecule has 1 aromatic carbocycles. The molecule has 70 valence electrons. The summed E-state index contributed by atoms with van der Waals surface area (Å²) in [6.45, 7) is 2.51. The zero-order valence-corrected chi connectivity index (χ0v) is 10.4. The van der Waals surface area contributed by atoms with Crippen molar-refractivity contribution >= 4 is 5.97 Å². The Morgan fingerprint density at radius 3 is 2.36 bits per heavy atom. The number of rotatable bonds is 4. The van der Waals surface area contributed by atoms with Crippen molar-refractivity contribution in [1.82, 2.24) is 0 Å². The van der Waals surface area contributed by atoms with Gasteiger partial charge < -0.3 is 14.6 Å². The fourth-order valence-corrected chi connectivity index (χ4v) is 1.04. The Kier molecular flexibility index (Phi) is 6.62. The molecule has 0 N–H and O–H groups in total. The van der Waals surface area contributed by atoms with Crippen LogP contribution in [-0.2, 0) is 11.2 Å². The first-order chi connectivity index (χ1) is 6.22. The van der Waals surface area contributed by atoms with E-state index in [0.29, 0.717) is 6.61 Å². The summed E-state index contributed by atoms with van der Waals surface area (Å²) in [4.78, 5) is 10.2. The quantitative estimate of drug-likeness (QED) is 0.502. The number of carboxylic acids is 1. The Morgan fingerprint density at radius 2 is 1.93 bits per heavy atom. The molecule has 0 bridgehead atoms. The molecule has 0 saturated carbocycles. The van der Waals surface area contributed by atoms with Crippen molar-refractivity contribution in [3.63, 3.8) is 0 Å². The van der Waals surface area contributed by atoms with Crippen LogP contribution in [0.15, 0.2) is 24.3 Å². The van der Waals surface area contributed by atoms with Gasteiger partial charge in [-0.1, -0.05) is 12.1 Å². The molecule has 0 aliphatic rings. The Labute approximate surface area is 105 Å². The second kappa shape index (κ2) is 6.87. The molecule has 0 radical (unpaired) electrons. The summed E-state index contributed by atoms with van der Waals surface area (Å²) < 4.78 is 5.20. The van der Waals surface area contributed by atoms with Crippen LogP contribution in [0.5, 0.6) is 5.75 Å². The van der Waals surface area contributed by atoms with E-state index in [1.165, 1.54) is 0 Å². The standard InChI is InChI=1S/C10H12O3.Na/c1-2-13-9-5-3-8(4-6-9)7-10(11)12;/h3-6H,2,7H2,1H3,(H,11,12);/q;+1/p-1. The first-order valence-electron chi connectivity index (χ1n) is 4.14. The van der Waals surface area contributed by atoms with Gasteiger partial charge in [-0.25, -0.2) is 0 Å². The number of benzene rings is 1. The molecule has 0 spiro atoms. The molecule has 1 aromatic rings. The maximum Gasteiger partial charge on any atom is 1.00 e. The van der Waals surface area contributed by atoms with E-state index >= 15 is 0 Å². The van der Waals surface area contributed by atoms with Crippen LogP contribution in [0.2, 0.25) is 0 Å². The molecule has 0 unspecified atom stereocenters. The monoisotopic (exact) mass is 202 g/mol. The van der Waals surface area contributed by atoms with Crippen molar-refractivity contribution in [3.8, 4) is 5.75 Å². The minimum absolute atomic E-state index is 0. The molecule has 0 atom stereocenters. The van der Waals surface area contributed by atoms with Gasteiger partial charge in [-0.2, -0.15) is 0 Å². The van der Waals surface area contributed by atoms with Crippen molar-refractivity contribution in [2.75, 3.05) is 6.61 Å². The Morgan fingerprint density at radius 1 is 1.36 bits per heavy atom. The van der Waals surface area contributed by atoms with E-state index in [1.54, 1.807) is 24.3 Å². The van der Waals surface area contributed by atoms with Crippen LogP contribution < -0.4 is 39.4 Å². The molecule has 0 aliphatic heterocycles. The summed E-state index contributed by atoms with van der Waals surface area (Å²) in [6.07, 6.45) is -0.0492. The molecule has 4 heteroatoms. The summed E-state index contributed by atoms with van der Waals surface area (Å²) in [5, 5.41) is 10.2. The molecule has 0 amide bonds. The van der Waals surface area contributed by atoms with Gasteiger partial charge in [0.15, 0.2) is 0 Å². The fraction of sp³-hybridized carbons (Fsp3) is 0.300. The number of hydrogen-bond acceptors (Lipinski definition) is 3. The third-order valence-corrected chi connectivity index (χ3v) is 1.58. The van der Waals surface area contributed by atoms with Gasteiger partial charge in [0.25, 0.3) is 0 Å². The van der Waals surface area contributed by atoms with Crippen molar-refractivity contribution in [2.24, 2.45) is 0 Å². The van der Waals surface area contributed by atoms with Gasteiger partial charge in [0.05, 0.1) is 6.61 Å². The van der Waals surface area contributed by atoms with E-state index < -0.39 is 5.97 Å².